The maximum Gasteiger partial charge on any atom is 0.144 e. The zero-order valence-corrected chi connectivity index (χ0v) is 21.7. The number of ether oxygens (including phenoxy) is 3. The fourth-order valence-corrected chi connectivity index (χ4v) is 4.52. The smallest absolute Gasteiger partial charge is 0.144 e. The molecule has 0 spiro atoms. The quantitative estimate of drug-likeness (QED) is 0.201. The van der Waals surface area contributed by atoms with Gasteiger partial charge in [-0.15, -0.1) is 0 Å². The first kappa shape index (κ1) is 24.8. The monoisotopic (exact) mass is 502 g/mol. The second kappa shape index (κ2) is 11.4. The second-order valence-electron chi connectivity index (χ2n) is 8.60. The minimum absolute atomic E-state index is 0.734. The number of rotatable bonds is 9. The largest absolute Gasteiger partial charge is 0.497 e. The van der Waals surface area contributed by atoms with Gasteiger partial charge in [-0.05, 0) is 60.7 Å². The van der Waals surface area contributed by atoms with Crippen LogP contribution in [0.5, 0.6) is 17.2 Å². The molecule has 5 nitrogen and oxygen atoms in total. The van der Waals surface area contributed by atoms with E-state index in [2.05, 4.69) is 64.4 Å². The predicted octanol–water partition coefficient (Wildman–Crippen LogP) is 8.65. The van der Waals surface area contributed by atoms with Crippen molar-refractivity contribution in [3.8, 4) is 17.2 Å². The summed E-state index contributed by atoms with van der Waals surface area (Å²) in [6.07, 6.45) is 0. The molecule has 0 aliphatic heterocycles. The van der Waals surface area contributed by atoms with Crippen molar-refractivity contribution in [1.29, 1.82) is 0 Å². The van der Waals surface area contributed by atoms with Gasteiger partial charge < -0.3 is 24.0 Å². The molecule has 0 atom stereocenters. The van der Waals surface area contributed by atoms with Crippen LogP contribution in [0, 0.1) is 0 Å². The van der Waals surface area contributed by atoms with E-state index in [-0.39, 0.29) is 0 Å². The Kier molecular flexibility index (Phi) is 7.46. The van der Waals surface area contributed by atoms with E-state index in [0.717, 1.165) is 51.4 Å². The lowest BCUT2D eigenvalue weighted by Gasteiger charge is -2.30. The molecule has 38 heavy (non-hydrogen) atoms. The highest BCUT2D eigenvalue weighted by Gasteiger charge is 2.20. The van der Waals surface area contributed by atoms with E-state index in [1.807, 2.05) is 72.8 Å². The molecule has 5 heteroatoms. The Morgan fingerprint density at radius 1 is 0.395 bits per heavy atom. The maximum absolute atomic E-state index is 6.01. The summed E-state index contributed by atoms with van der Waals surface area (Å²) in [6.45, 7) is 0. The molecule has 0 aromatic heterocycles. The van der Waals surface area contributed by atoms with Gasteiger partial charge in [0.05, 0.1) is 27.0 Å². The summed E-state index contributed by atoms with van der Waals surface area (Å²) in [5.41, 5.74) is 5.87. The minimum Gasteiger partial charge on any atom is -0.497 e. The molecule has 190 valence electrons. The first-order valence-electron chi connectivity index (χ1n) is 12.4. The molecule has 0 aliphatic rings. The highest BCUT2D eigenvalue weighted by Crippen LogP contribution is 2.45. The molecule has 0 N–H and O–H groups in total. The van der Waals surface area contributed by atoms with Crippen LogP contribution in [0.1, 0.15) is 0 Å². The molecule has 0 fully saturated rings. The van der Waals surface area contributed by atoms with Crippen molar-refractivity contribution in [3.05, 3.63) is 127 Å². The number of hydrogen-bond donors (Lipinski definition) is 0. The molecule has 0 bridgehead atoms. The van der Waals surface area contributed by atoms with Crippen LogP contribution >= 0.6 is 0 Å². The summed E-state index contributed by atoms with van der Waals surface area (Å²) in [5, 5.41) is 0. The van der Waals surface area contributed by atoms with Crippen LogP contribution in [0.2, 0.25) is 0 Å². The van der Waals surface area contributed by atoms with Crippen LogP contribution < -0.4 is 24.0 Å². The van der Waals surface area contributed by atoms with Crippen LogP contribution in [-0.2, 0) is 0 Å². The Labute approximate surface area is 224 Å². The van der Waals surface area contributed by atoms with Crippen molar-refractivity contribution in [2.45, 2.75) is 0 Å². The summed E-state index contributed by atoms with van der Waals surface area (Å²) < 4.78 is 17.1. The molecule has 5 aromatic carbocycles. The lowest BCUT2D eigenvalue weighted by molar-refractivity contribution is 0.414. The van der Waals surface area contributed by atoms with Gasteiger partial charge in [-0.3, -0.25) is 0 Å². The highest BCUT2D eigenvalue weighted by molar-refractivity contribution is 5.85. The second-order valence-corrected chi connectivity index (χ2v) is 8.60. The van der Waals surface area contributed by atoms with Gasteiger partial charge in [0.1, 0.15) is 17.2 Å². The molecular weight excluding hydrogens is 472 g/mol. The molecule has 5 rings (SSSR count). The average Bonchev–Trinajstić information content (AvgIpc) is 2.99. The van der Waals surface area contributed by atoms with Crippen molar-refractivity contribution in [2.75, 3.05) is 31.1 Å². The van der Waals surface area contributed by atoms with Gasteiger partial charge in [-0.1, -0.05) is 48.5 Å². The molecule has 0 saturated carbocycles. The Morgan fingerprint density at radius 3 is 1.39 bits per heavy atom. The highest BCUT2D eigenvalue weighted by atomic mass is 16.5. The zero-order valence-electron chi connectivity index (χ0n) is 21.7. The topological polar surface area (TPSA) is 34.2 Å². The third kappa shape index (κ3) is 5.13. The average molecular weight is 503 g/mol. The first-order chi connectivity index (χ1) is 18.7. The maximum atomic E-state index is 6.01. The van der Waals surface area contributed by atoms with Crippen molar-refractivity contribution in [3.63, 3.8) is 0 Å². The Bertz CT molecular complexity index is 1490. The third-order valence-corrected chi connectivity index (χ3v) is 6.31. The van der Waals surface area contributed by atoms with Crippen LogP contribution in [-0.4, -0.2) is 21.3 Å². The fraction of sp³-hybridized carbons (Fsp3) is 0.0909. The predicted molar refractivity (Wildman–Crippen MR) is 155 cm³/mol. The number of benzene rings is 5. The lowest BCUT2D eigenvalue weighted by atomic mass is 10.1. The summed E-state index contributed by atoms with van der Waals surface area (Å²) in [5.74, 6) is 2.31. The van der Waals surface area contributed by atoms with Gasteiger partial charge in [-0.25, -0.2) is 0 Å². The molecule has 0 radical (unpaired) electrons. The van der Waals surface area contributed by atoms with Crippen molar-refractivity contribution < 1.29 is 14.2 Å². The normalized spacial score (nSPS) is 10.5. The first-order valence-corrected chi connectivity index (χ1v) is 12.4. The standard InChI is InChI=1S/C33H30N2O3/c1-36-30-18-10-16-27(22-30)34(25-12-6-4-7-13-25)29-20-21-32(33(24-29)38-3)35(26-14-8-5-9-15-26)28-17-11-19-31(23-28)37-2/h4-24H,1-3H3. The van der Waals surface area contributed by atoms with Crippen molar-refractivity contribution in [1.82, 2.24) is 0 Å². The summed E-state index contributed by atoms with van der Waals surface area (Å²) in [6, 6.07) is 42.8. The fourth-order valence-electron chi connectivity index (χ4n) is 4.52. The van der Waals surface area contributed by atoms with E-state index < -0.39 is 0 Å². The lowest BCUT2D eigenvalue weighted by Crippen LogP contribution is -2.13. The Hall–Kier alpha value is -4.90. The van der Waals surface area contributed by atoms with Gasteiger partial charge in [0.15, 0.2) is 0 Å². The molecule has 0 saturated heterocycles. The minimum atomic E-state index is 0.734. The molecular formula is C33H30N2O3. The van der Waals surface area contributed by atoms with E-state index in [4.69, 9.17) is 14.2 Å². The molecule has 0 amide bonds. The summed E-state index contributed by atoms with van der Waals surface area (Å²) in [4.78, 5) is 4.36. The number of nitrogens with zero attached hydrogens (tertiary/aromatic N) is 2. The number of anilines is 6. The molecule has 0 aliphatic carbocycles. The van der Waals surface area contributed by atoms with Gasteiger partial charge in [-0.2, -0.15) is 0 Å². The van der Waals surface area contributed by atoms with Crippen molar-refractivity contribution in [2.24, 2.45) is 0 Å². The van der Waals surface area contributed by atoms with E-state index in [1.165, 1.54) is 0 Å². The van der Waals surface area contributed by atoms with Gasteiger partial charge >= 0.3 is 0 Å². The summed E-state index contributed by atoms with van der Waals surface area (Å²) in [7, 11) is 5.06. The van der Waals surface area contributed by atoms with E-state index in [1.54, 1.807) is 21.3 Å². The Balaban J connectivity index is 1.66. The zero-order chi connectivity index (χ0) is 26.3. The van der Waals surface area contributed by atoms with Gasteiger partial charge in [0, 0.05) is 46.6 Å². The molecule has 5 aromatic rings. The van der Waals surface area contributed by atoms with Crippen LogP contribution in [0.3, 0.4) is 0 Å². The Morgan fingerprint density at radius 2 is 0.868 bits per heavy atom. The van der Waals surface area contributed by atoms with Gasteiger partial charge in [0.2, 0.25) is 0 Å². The molecule has 0 unspecified atom stereocenters. The van der Waals surface area contributed by atoms with Crippen molar-refractivity contribution >= 4 is 34.1 Å². The third-order valence-electron chi connectivity index (χ3n) is 6.31. The number of hydrogen-bond acceptors (Lipinski definition) is 5. The van der Waals surface area contributed by atoms with E-state index in [9.17, 15) is 0 Å². The van der Waals surface area contributed by atoms with Crippen LogP contribution in [0.4, 0.5) is 34.1 Å². The van der Waals surface area contributed by atoms with Crippen LogP contribution in [0.15, 0.2) is 127 Å². The van der Waals surface area contributed by atoms with Crippen LogP contribution in [0.25, 0.3) is 0 Å². The van der Waals surface area contributed by atoms with E-state index in [0.29, 0.717) is 0 Å². The van der Waals surface area contributed by atoms with E-state index >= 15 is 0 Å². The summed E-state index contributed by atoms with van der Waals surface area (Å²) >= 11 is 0. The number of methoxy groups -OCH3 is 3. The SMILES string of the molecule is COc1cccc(N(c2ccccc2)c2ccc(N(c3ccccc3)c3cccc(OC)c3)c(OC)c2)c1. The molecule has 0 heterocycles. The van der Waals surface area contributed by atoms with Gasteiger partial charge in [0.25, 0.3) is 0 Å². The number of para-hydroxylation sites is 2.